The summed E-state index contributed by atoms with van der Waals surface area (Å²) in [6.07, 6.45) is 0.156. The molecule has 1 N–H and O–H groups in total. The van der Waals surface area contributed by atoms with Crippen molar-refractivity contribution in [3.8, 4) is 17.2 Å². The number of nitrogens with zero attached hydrogens (tertiary/aromatic N) is 3. The van der Waals surface area contributed by atoms with E-state index >= 15 is 0 Å². The van der Waals surface area contributed by atoms with E-state index in [1.54, 1.807) is 49.3 Å². The van der Waals surface area contributed by atoms with Crippen LogP contribution in [0, 0.1) is 12.8 Å². The number of anilines is 2. The van der Waals surface area contributed by atoms with E-state index in [9.17, 15) is 9.59 Å². The fourth-order valence-electron chi connectivity index (χ4n) is 3.32. The van der Waals surface area contributed by atoms with Crippen molar-refractivity contribution in [3.63, 3.8) is 0 Å². The summed E-state index contributed by atoms with van der Waals surface area (Å²) in [6, 6.07) is 14.4. The molecule has 2 heterocycles. The average molecular weight is 392 g/mol. The lowest BCUT2D eigenvalue weighted by atomic mass is 10.1. The van der Waals surface area contributed by atoms with Crippen LogP contribution in [0.15, 0.2) is 53.1 Å². The number of methoxy groups -OCH3 is 1. The molecular weight excluding hydrogens is 372 g/mol. The van der Waals surface area contributed by atoms with Crippen molar-refractivity contribution >= 4 is 23.2 Å². The van der Waals surface area contributed by atoms with Crippen LogP contribution in [0.2, 0.25) is 0 Å². The van der Waals surface area contributed by atoms with E-state index in [1.165, 1.54) is 0 Å². The summed E-state index contributed by atoms with van der Waals surface area (Å²) < 4.78 is 10.5. The molecule has 0 aliphatic carbocycles. The number of carbonyl (C=O) groups excluding carboxylic acids is 2. The summed E-state index contributed by atoms with van der Waals surface area (Å²) in [5, 5.41) is 6.64. The highest BCUT2D eigenvalue weighted by Gasteiger charge is 2.36. The fourth-order valence-corrected chi connectivity index (χ4v) is 3.32. The number of nitrogens with one attached hydrogen (secondary N) is 1. The van der Waals surface area contributed by atoms with Gasteiger partial charge >= 0.3 is 0 Å². The Bertz CT molecular complexity index is 1040. The minimum absolute atomic E-state index is 0.100. The van der Waals surface area contributed by atoms with Crippen molar-refractivity contribution in [2.24, 2.45) is 5.92 Å². The van der Waals surface area contributed by atoms with Crippen molar-refractivity contribution in [1.29, 1.82) is 0 Å². The number of para-hydroxylation sites is 2. The standard InChI is InChI=1S/C21H20N4O4/c1-13-22-21(29-24-13)14-7-9-16(10-8-14)23-20(27)15-11-19(26)25(12-15)17-5-3-4-6-18(17)28-2/h3-10,15H,11-12H2,1-2H3,(H,23,27)/t15-/m0/s1. The molecule has 1 aliphatic heterocycles. The molecule has 148 valence electrons. The van der Waals surface area contributed by atoms with Gasteiger partial charge in [0, 0.05) is 24.2 Å². The summed E-state index contributed by atoms with van der Waals surface area (Å²) >= 11 is 0. The molecule has 3 aromatic rings. The summed E-state index contributed by atoms with van der Waals surface area (Å²) in [5.74, 6) is 0.852. The number of benzene rings is 2. The normalized spacial score (nSPS) is 16.1. The molecule has 8 heteroatoms. The topological polar surface area (TPSA) is 97.6 Å². The molecule has 1 aliphatic rings. The number of carbonyl (C=O) groups is 2. The molecule has 2 aromatic carbocycles. The maximum atomic E-state index is 12.7. The van der Waals surface area contributed by atoms with Gasteiger partial charge in [0.15, 0.2) is 5.82 Å². The zero-order valence-electron chi connectivity index (χ0n) is 16.1. The maximum absolute atomic E-state index is 12.7. The first-order valence-electron chi connectivity index (χ1n) is 9.20. The Hall–Kier alpha value is -3.68. The van der Waals surface area contributed by atoms with Crippen LogP contribution in [0.25, 0.3) is 11.5 Å². The highest BCUT2D eigenvalue weighted by atomic mass is 16.5. The lowest BCUT2D eigenvalue weighted by molar-refractivity contribution is -0.122. The van der Waals surface area contributed by atoms with Crippen molar-refractivity contribution < 1.29 is 18.8 Å². The van der Waals surface area contributed by atoms with Crippen LogP contribution in [0.4, 0.5) is 11.4 Å². The van der Waals surface area contributed by atoms with Crippen LogP contribution < -0.4 is 15.0 Å². The summed E-state index contributed by atoms with van der Waals surface area (Å²) in [7, 11) is 1.56. The summed E-state index contributed by atoms with van der Waals surface area (Å²) in [6.45, 7) is 2.06. The van der Waals surface area contributed by atoms with Crippen molar-refractivity contribution in [3.05, 3.63) is 54.4 Å². The second-order valence-corrected chi connectivity index (χ2v) is 6.79. The fraction of sp³-hybridized carbons (Fsp3) is 0.238. The predicted octanol–water partition coefficient (Wildman–Crippen LogP) is 3.05. The van der Waals surface area contributed by atoms with Gasteiger partial charge < -0.3 is 19.5 Å². The van der Waals surface area contributed by atoms with Crippen molar-refractivity contribution in [2.75, 3.05) is 23.9 Å². The first-order chi connectivity index (χ1) is 14.0. The minimum Gasteiger partial charge on any atom is -0.495 e. The number of hydrogen-bond donors (Lipinski definition) is 1. The van der Waals surface area contributed by atoms with Gasteiger partial charge in [-0.1, -0.05) is 17.3 Å². The van der Waals surface area contributed by atoms with Crippen LogP contribution in [0.5, 0.6) is 5.75 Å². The van der Waals surface area contributed by atoms with E-state index in [2.05, 4.69) is 15.5 Å². The van der Waals surface area contributed by atoms with E-state index in [4.69, 9.17) is 9.26 Å². The number of ether oxygens (including phenoxy) is 1. The molecule has 0 saturated carbocycles. The molecule has 1 saturated heterocycles. The molecule has 2 amide bonds. The molecule has 4 rings (SSSR count). The zero-order chi connectivity index (χ0) is 20.4. The van der Waals surface area contributed by atoms with Gasteiger partial charge in [0.1, 0.15) is 5.75 Å². The third-order valence-corrected chi connectivity index (χ3v) is 4.80. The number of aromatic nitrogens is 2. The SMILES string of the molecule is COc1ccccc1N1C[C@@H](C(=O)Nc2ccc(-c3nc(C)no3)cc2)CC1=O. The number of aryl methyl sites for hydroxylation is 1. The number of rotatable bonds is 5. The maximum Gasteiger partial charge on any atom is 0.257 e. The first-order valence-corrected chi connectivity index (χ1v) is 9.20. The summed E-state index contributed by atoms with van der Waals surface area (Å²) in [4.78, 5) is 30.9. The Morgan fingerprint density at radius 1 is 1.21 bits per heavy atom. The third-order valence-electron chi connectivity index (χ3n) is 4.80. The first kappa shape index (κ1) is 18.7. The molecule has 0 spiro atoms. The van der Waals surface area contributed by atoms with Gasteiger partial charge in [-0.25, -0.2) is 0 Å². The van der Waals surface area contributed by atoms with Gasteiger partial charge in [-0.2, -0.15) is 4.98 Å². The molecule has 1 aromatic heterocycles. The highest BCUT2D eigenvalue weighted by Crippen LogP contribution is 2.33. The second kappa shape index (κ2) is 7.75. The van der Waals surface area contributed by atoms with Crippen LogP contribution in [0.1, 0.15) is 12.2 Å². The third kappa shape index (κ3) is 3.82. The monoisotopic (exact) mass is 392 g/mol. The van der Waals surface area contributed by atoms with Gasteiger partial charge in [0.2, 0.25) is 11.8 Å². The van der Waals surface area contributed by atoms with Gasteiger partial charge in [-0.05, 0) is 43.3 Å². The van der Waals surface area contributed by atoms with Gasteiger partial charge in [0.25, 0.3) is 5.89 Å². The molecule has 8 nitrogen and oxygen atoms in total. The summed E-state index contributed by atoms with van der Waals surface area (Å²) in [5.41, 5.74) is 2.08. The number of amides is 2. The van der Waals surface area contributed by atoms with Gasteiger partial charge in [0.05, 0.1) is 18.7 Å². The van der Waals surface area contributed by atoms with E-state index in [-0.39, 0.29) is 18.2 Å². The molecule has 1 atom stereocenters. The molecule has 1 fully saturated rings. The largest absolute Gasteiger partial charge is 0.495 e. The molecule has 29 heavy (non-hydrogen) atoms. The van der Waals surface area contributed by atoms with Crippen LogP contribution >= 0.6 is 0 Å². The highest BCUT2D eigenvalue weighted by molar-refractivity contribution is 6.04. The Kier molecular flexibility index (Phi) is 4.99. The van der Waals surface area contributed by atoms with Crippen LogP contribution in [-0.4, -0.2) is 35.6 Å². The predicted molar refractivity (Wildman–Crippen MR) is 107 cm³/mol. The smallest absolute Gasteiger partial charge is 0.257 e. The average Bonchev–Trinajstić information content (AvgIpc) is 3.34. The van der Waals surface area contributed by atoms with Gasteiger partial charge in [-0.3, -0.25) is 9.59 Å². The van der Waals surface area contributed by atoms with Crippen LogP contribution in [0.3, 0.4) is 0 Å². The van der Waals surface area contributed by atoms with Crippen molar-refractivity contribution in [1.82, 2.24) is 10.1 Å². The van der Waals surface area contributed by atoms with E-state index in [0.717, 1.165) is 5.56 Å². The van der Waals surface area contributed by atoms with Gasteiger partial charge in [-0.15, -0.1) is 0 Å². The molecule has 0 radical (unpaired) electrons. The molecular formula is C21H20N4O4. The minimum atomic E-state index is -0.439. The van der Waals surface area contributed by atoms with E-state index < -0.39 is 5.92 Å². The Balaban J connectivity index is 1.43. The molecule has 0 unspecified atom stereocenters. The Morgan fingerprint density at radius 2 is 1.97 bits per heavy atom. The zero-order valence-corrected chi connectivity index (χ0v) is 16.1. The van der Waals surface area contributed by atoms with E-state index in [0.29, 0.717) is 35.4 Å². The Labute approximate surface area is 167 Å². The van der Waals surface area contributed by atoms with Crippen molar-refractivity contribution in [2.45, 2.75) is 13.3 Å². The van der Waals surface area contributed by atoms with Crippen LogP contribution in [-0.2, 0) is 9.59 Å². The quantitative estimate of drug-likeness (QED) is 0.717. The lowest BCUT2D eigenvalue weighted by Gasteiger charge is -2.19. The number of hydrogen-bond acceptors (Lipinski definition) is 6. The second-order valence-electron chi connectivity index (χ2n) is 6.79. The lowest BCUT2D eigenvalue weighted by Crippen LogP contribution is -2.28. The Morgan fingerprint density at radius 3 is 2.66 bits per heavy atom. The van der Waals surface area contributed by atoms with E-state index in [1.807, 2.05) is 18.2 Å². The molecule has 0 bridgehead atoms.